The van der Waals surface area contributed by atoms with E-state index < -0.39 is 5.54 Å². The summed E-state index contributed by atoms with van der Waals surface area (Å²) in [6, 6.07) is 0. The van der Waals surface area contributed by atoms with E-state index in [2.05, 4.69) is 22.3 Å². The highest BCUT2D eigenvalue weighted by molar-refractivity contribution is 7.99. The van der Waals surface area contributed by atoms with Crippen molar-refractivity contribution in [1.82, 2.24) is 20.1 Å². The standard InChI is InChI=1S/C11H20N4O2S/c1-5-6-13-11(2,9(16)17-4)7-18-10-12-8-14-15(10)3/h8,13H,5-7H2,1-4H3. The molecule has 1 rings (SSSR count). The van der Waals surface area contributed by atoms with Gasteiger partial charge in [-0.25, -0.2) is 9.67 Å². The average Bonchev–Trinajstić information content (AvgIpc) is 2.78. The first kappa shape index (κ1) is 15.0. The summed E-state index contributed by atoms with van der Waals surface area (Å²) in [5.41, 5.74) is -0.707. The third kappa shape index (κ3) is 3.71. The maximum atomic E-state index is 11.8. The van der Waals surface area contributed by atoms with Crippen molar-refractivity contribution in [3.8, 4) is 0 Å². The molecule has 0 amide bonds. The molecule has 0 aliphatic heterocycles. The molecule has 18 heavy (non-hydrogen) atoms. The number of aryl methyl sites for hydroxylation is 1. The van der Waals surface area contributed by atoms with E-state index in [-0.39, 0.29) is 5.97 Å². The molecular weight excluding hydrogens is 252 g/mol. The number of esters is 1. The van der Waals surface area contributed by atoms with Crippen molar-refractivity contribution in [3.05, 3.63) is 6.33 Å². The van der Waals surface area contributed by atoms with Crippen molar-refractivity contribution in [2.75, 3.05) is 19.4 Å². The van der Waals surface area contributed by atoms with Crippen molar-refractivity contribution >= 4 is 17.7 Å². The Morgan fingerprint density at radius 3 is 2.89 bits per heavy atom. The van der Waals surface area contributed by atoms with Crippen LogP contribution in [0.1, 0.15) is 20.3 Å². The number of hydrogen-bond acceptors (Lipinski definition) is 6. The summed E-state index contributed by atoms with van der Waals surface area (Å²) < 4.78 is 6.54. The monoisotopic (exact) mass is 272 g/mol. The van der Waals surface area contributed by atoms with E-state index in [4.69, 9.17) is 4.74 Å². The van der Waals surface area contributed by atoms with Gasteiger partial charge in [0.1, 0.15) is 11.9 Å². The quantitative estimate of drug-likeness (QED) is 0.586. The minimum absolute atomic E-state index is 0.259. The van der Waals surface area contributed by atoms with Gasteiger partial charge in [-0.05, 0) is 19.9 Å². The topological polar surface area (TPSA) is 69.0 Å². The Hall–Kier alpha value is -1.08. The number of carbonyl (C=O) groups excluding carboxylic acids is 1. The highest BCUT2D eigenvalue weighted by Gasteiger charge is 2.34. The number of nitrogens with one attached hydrogen (secondary N) is 1. The van der Waals surface area contributed by atoms with Gasteiger partial charge >= 0.3 is 5.97 Å². The van der Waals surface area contributed by atoms with Gasteiger partial charge in [-0.15, -0.1) is 0 Å². The molecule has 1 aromatic rings. The van der Waals surface area contributed by atoms with E-state index in [9.17, 15) is 4.79 Å². The third-order valence-electron chi connectivity index (χ3n) is 2.56. The minimum Gasteiger partial charge on any atom is -0.468 e. The van der Waals surface area contributed by atoms with Gasteiger partial charge in [0.05, 0.1) is 7.11 Å². The maximum Gasteiger partial charge on any atom is 0.326 e. The molecule has 0 fully saturated rings. The zero-order chi connectivity index (χ0) is 13.6. The number of nitrogens with zero attached hydrogens (tertiary/aromatic N) is 3. The van der Waals surface area contributed by atoms with E-state index in [1.54, 1.807) is 4.68 Å². The fourth-order valence-electron chi connectivity index (χ4n) is 1.43. The van der Waals surface area contributed by atoms with Gasteiger partial charge in [-0.3, -0.25) is 4.79 Å². The molecule has 102 valence electrons. The molecule has 0 saturated heterocycles. The molecule has 1 N–H and O–H groups in total. The lowest BCUT2D eigenvalue weighted by Gasteiger charge is -2.27. The molecule has 7 heteroatoms. The van der Waals surface area contributed by atoms with Crippen LogP contribution in [0.2, 0.25) is 0 Å². The third-order valence-corrected chi connectivity index (χ3v) is 3.91. The Morgan fingerprint density at radius 2 is 2.39 bits per heavy atom. The molecule has 0 radical (unpaired) electrons. The van der Waals surface area contributed by atoms with Crippen LogP contribution in [0.15, 0.2) is 11.5 Å². The van der Waals surface area contributed by atoms with Gasteiger partial charge in [-0.2, -0.15) is 5.10 Å². The molecule has 0 bridgehead atoms. The molecule has 0 aliphatic rings. The second-order valence-corrected chi connectivity index (χ2v) is 5.15. The van der Waals surface area contributed by atoms with Gasteiger partial charge in [-0.1, -0.05) is 18.7 Å². The van der Waals surface area contributed by atoms with Crippen LogP contribution in [-0.4, -0.2) is 45.7 Å². The highest BCUT2D eigenvalue weighted by Crippen LogP contribution is 2.21. The lowest BCUT2D eigenvalue weighted by atomic mass is 10.1. The van der Waals surface area contributed by atoms with Gasteiger partial charge in [0.2, 0.25) is 0 Å². The first-order valence-corrected chi connectivity index (χ1v) is 6.82. The number of hydrogen-bond donors (Lipinski definition) is 1. The van der Waals surface area contributed by atoms with E-state index >= 15 is 0 Å². The Kier molecular flexibility index (Phi) is 5.61. The van der Waals surface area contributed by atoms with Crippen LogP contribution in [0.25, 0.3) is 0 Å². The number of aromatic nitrogens is 3. The Morgan fingerprint density at radius 1 is 1.67 bits per heavy atom. The molecule has 0 saturated carbocycles. The Balaban J connectivity index is 2.67. The second-order valence-electron chi connectivity index (χ2n) is 4.21. The Bertz CT molecular complexity index is 396. The van der Waals surface area contributed by atoms with Gasteiger partial charge in [0.15, 0.2) is 5.16 Å². The molecule has 1 atom stereocenters. The van der Waals surface area contributed by atoms with Crippen LogP contribution in [0, 0.1) is 0 Å². The smallest absolute Gasteiger partial charge is 0.326 e. The first-order chi connectivity index (χ1) is 8.53. The van der Waals surface area contributed by atoms with Crippen molar-refractivity contribution < 1.29 is 9.53 Å². The molecule has 0 aromatic carbocycles. The largest absolute Gasteiger partial charge is 0.468 e. The molecule has 0 spiro atoms. The highest BCUT2D eigenvalue weighted by atomic mass is 32.2. The van der Waals surface area contributed by atoms with Crippen LogP contribution in [0.5, 0.6) is 0 Å². The second kappa shape index (κ2) is 6.75. The van der Waals surface area contributed by atoms with Crippen LogP contribution >= 0.6 is 11.8 Å². The van der Waals surface area contributed by atoms with E-state index in [1.807, 2.05) is 14.0 Å². The van der Waals surface area contributed by atoms with Crippen LogP contribution < -0.4 is 5.32 Å². The van der Waals surface area contributed by atoms with Crippen molar-refractivity contribution in [3.63, 3.8) is 0 Å². The lowest BCUT2D eigenvalue weighted by molar-refractivity contribution is -0.146. The molecule has 1 unspecified atom stereocenters. The zero-order valence-electron chi connectivity index (χ0n) is 11.3. The van der Waals surface area contributed by atoms with Gasteiger partial charge < -0.3 is 10.1 Å². The van der Waals surface area contributed by atoms with E-state index in [1.165, 1.54) is 25.2 Å². The van der Waals surface area contributed by atoms with Crippen LogP contribution in [0.3, 0.4) is 0 Å². The first-order valence-electron chi connectivity index (χ1n) is 5.83. The fraction of sp³-hybridized carbons (Fsp3) is 0.727. The van der Waals surface area contributed by atoms with Crippen LogP contribution in [0.4, 0.5) is 0 Å². The Labute approximate surface area is 111 Å². The SMILES string of the molecule is CCCNC(C)(CSc1ncnn1C)C(=O)OC. The van der Waals surface area contributed by atoms with E-state index in [0.29, 0.717) is 5.75 Å². The van der Waals surface area contributed by atoms with Gasteiger partial charge in [0, 0.05) is 12.8 Å². The number of ether oxygens (including phenoxy) is 1. The summed E-state index contributed by atoms with van der Waals surface area (Å²) in [5.74, 6) is 0.289. The van der Waals surface area contributed by atoms with Gasteiger partial charge in [0.25, 0.3) is 0 Å². The number of thioether (sulfide) groups is 1. The fourth-order valence-corrected chi connectivity index (χ4v) is 2.43. The normalized spacial score (nSPS) is 14.2. The molecule has 6 nitrogen and oxygen atoms in total. The predicted molar refractivity (Wildman–Crippen MR) is 70.4 cm³/mol. The predicted octanol–water partition coefficient (Wildman–Crippen LogP) is 0.838. The number of carbonyl (C=O) groups is 1. The van der Waals surface area contributed by atoms with Crippen molar-refractivity contribution in [2.24, 2.45) is 7.05 Å². The molecular formula is C11H20N4O2S. The molecule has 1 heterocycles. The summed E-state index contributed by atoms with van der Waals surface area (Å²) in [7, 11) is 3.23. The summed E-state index contributed by atoms with van der Waals surface area (Å²) >= 11 is 1.48. The van der Waals surface area contributed by atoms with E-state index in [0.717, 1.165) is 18.1 Å². The summed E-state index contributed by atoms with van der Waals surface area (Å²) in [6.07, 6.45) is 2.46. The average molecular weight is 272 g/mol. The summed E-state index contributed by atoms with van der Waals surface area (Å²) in [6.45, 7) is 4.67. The van der Waals surface area contributed by atoms with Crippen molar-refractivity contribution in [2.45, 2.75) is 31.0 Å². The van der Waals surface area contributed by atoms with Crippen LogP contribution in [-0.2, 0) is 16.6 Å². The zero-order valence-corrected chi connectivity index (χ0v) is 12.1. The molecule has 0 aliphatic carbocycles. The summed E-state index contributed by atoms with van der Waals surface area (Å²) in [4.78, 5) is 16.0. The number of methoxy groups -OCH3 is 1. The van der Waals surface area contributed by atoms with Crippen molar-refractivity contribution in [1.29, 1.82) is 0 Å². The maximum absolute atomic E-state index is 11.8. The molecule has 1 aromatic heterocycles. The lowest BCUT2D eigenvalue weighted by Crippen LogP contribution is -2.52. The number of rotatable bonds is 7. The summed E-state index contributed by atoms with van der Waals surface area (Å²) in [5, 5.41) is 8.00. The minimum atomic E-state index is -0.707.